The van der Waals surface area contributed by atoms with Gasteiger partial charge in [0.1, 0.15) is 0 Å². The quantitative estimate of drug-likeness (QED) is 0.686. The molecule has 2 aromatic carbocycles. The van der Waals surface area contributed by atoms with Gasteiger partial charge in [-0.15, -0.1) is 10.2 Å². The van der Waals surface area contributed by atoms with Crippen LogP contribution in [0.15, 0.2) is 42.5 Å². The fraction of sp³-hybridized carbons (Fsp3) is 0.0625. The number of carbonyl (C=O) groups is 2. The molecule has 130 valence electrons. The summed E-state index contributed by atoms with van der Waals surface area (Å²) in [6.45, 7) is 0.106. The smallest absolute Gasteiger partial charge is 0.332 e. The van der Waals surface area contributed by atoms with Crippen molar-refractivity contribution in [1.29, 1.82) is 0 Å². The van der Waals surface area contributed by atoms with Gasteiger partial charge >= 0.3 is 6.03 Å². The molecule has 10 heteroatoms. The topological polar surface area (TPSA) is 122 Å². The lowest BCUT2D eigenvalue weighted by Crippen LogP contribution is -2.33. The highest BCUT2D eigenvalue weighted by atomic mass is 16.7. The first-order valence-corrected chi connectivity index (χ1v) is 7.53. The molecule has 0 aliphatic carbocycles. The Morgan fingerprint density at radius 3 is 2.88 bits per heavy atom. The van der Waals surface area contributed by atoms with Crippen LogP contribution in [0.5, 0.6) is 11.5 Å². The number of hydrogen-bond donors (Lipinski definition) is 2. The third-order valence-corrected chi connectivity index (χ3v) is 3.68. The molecule has 0 unspecified atom stereocenters. The van der Waals surface area contributed by atoms with E-state index in [9.17, 15) is 9.59 Å². The fourth-order valence-corrected chi connectivity index (χ4v) is 2.46. The highest BCUT2D eigenvalue weighted by Gasteiger charge is 2.20. The number of amides is 3. The monoisotopic (exact) mass is 352 g/mol. The molecule has 0 bridgehead atoms. The Morgan fingerprint density at radius 1 is 1.19 bits per heavy atom. The number of hydrogen-bond acceptors (Lipinski definition) is 7. The predicted octanol–water partition coefficient (Wildman–Crippen LogP) is 1.79. The summed E-state index contributed by atoms with van der Waals surface area (Å²) in [5, 5.41) is 16.3. The number of anilines is 2. The number of nitrogens with one attached hydrogen (secondary N) is 2. The average Bonchev–Trinajstić information content (AvgIpc) is 3.34. The molecular formula is C16H12N6O4. The Bertz CT molecular complexity index is 959. The van der Waals surface area contributed by atoms with E-state index in [0.717, 1.165) is 4.90 Å². The molecule has 26 heavy (non-hydrogen) atoms. The number of benzene rings is 2. The Balaban J connectivity index is 1.55. The van der Waals surface area contributed by atoms with Gasteiger partial charge in [0.25, 0.3) is 0 Å². The second kappa shape index (κ2) is 6.51. The molecule has 0 atom stereocenters. The molecule has 0 saturated carbocycles. The van der Waals surface area contributed by atoms with E-state index in [-0.39, 0.29) is 6.79 Å². The van der Waals surface area contributed by atoms with Crippen LogP contribution in [0.3, 0.4) is 0 Å². The number of rotatable bonds is 4. The summed E-state index contributed by atoms with van der Waals surface area (Å²) < 4.78 is 10.5. The van der Waals surface area contributed by atoms with E-state index in [2.05, 4.69) is 25.9 Å². The zero-order chi connectivity index (χ0) is 17.9. The Kier molecular flexibility index (Phi) is 3.90. The summed E-state index contributed by atoms with van der Waals surface area (Å²) in [7, 11) is 0. The molecule has 1 aliphatic heterocycles. The number of imide groups is 1. The van der Waals surface area contributed by atoms with E-state index in [1.807, 2.05) is 0 Å². The van der Waals surface area contributed by atoms with E-state index < -0.39 is 6.03 Å². The first-order valence-electron chi connectivity index (χ1n) is 7.53. The van der Waals surface area contributed by atoms with Crippen LogP contribution in [-0.4, -0.2) is 39.9 Å². The molecule has 0 fully saturated rings. The standard InChI is InChI=1S/C16H12N6O4/c23-8-22(12-4-5-13-14(7-12)26-9-25-13)16(24)17-11-3-1-2-10(6-11)15-18-20-21-19-15/h1-8H,9H2,(H,17,24)(H,18,19,20,21). The number of fused-ring (bicyclic) bond motifs is 1. The molecule has 3 amide bonds. The number of aromatic amines is 1. The summed E-state index contributed by atoms with van der Waals surface area (Å²) >= 11 is 0. The van der Waals surface area contributed by atoms with Gasteiger partial charge in [0, 0.05) is 17.3 Å². The number of tetrazole rings is 1. The van der Waals surface area contributed by atoms with Crippen LogP contribution < -0.4 is 19.7 Å². The van der Waals surface area contributed by atoms with Crippen LogP contribution in [0.2, 0.25) is 0 Å². The normalized spacial score (nSPS) is 11.8. The maximum Gasteiger partial charge on any atom is 0.332 e. The zero-order valence-electron chi connectivity index (χ0n) is 13.2. The van der Waals surface area contributed by atoms with Crippen molar-refractivity contribution in [3.8, 4) is 22.9 Å². The number of aromatic nitrogens is 4. The zero-order valence-corrected chi connectivity index (χ0v) is 13.2. The summed E-state index contributed by atoms with van der Waals surface area (Å²) in [5.74, 6) is 1.43. The van der Waals surface area contributed by atoms with Gasteiger partial charge in [-0.1, -0.05) is 12.1 Å². The van der Waals surface area contributed by atoms with E-state index >= 15 is 0 Å². The minimum atomic E-state index is -0.621. The highest BCUT2D eigenvalue weighted by Crippen LogP contribution is 2.35. The lowest BCUT2D eigenvalue weighted by Gasteiger charge is -2.17. The van der Waals surface area contributed by atoms with Crippen LogP contribution in [0.1, 0.15) is 0 Å². The number of nitrogens with zero attached hydrogens (tertiary/aromatic N) is 4. The van der Waals surface area contributed by atoms with E-state index in [0.29, 0.717) is 40.7 Å². The molecule has 3 aromatic rings. The van der Waals surface area contributed by atoms with Crippen LogP contribution in [0.25, 0.3) is 11.4 Å². The molecule has 0 spiro atoms. The summed E-state index contributed by atoms with van der Waals surface area (Å²) in [5.41, 5.74) is 1.50. The van der Waals surface area contributed by atoms with Crippen LogP contribution in [0, 0.1) is 0 Å². The van der Waals surface area contributed by atoms with Crippen molar-refractivity contribution in [3.05, 3.63) is 42.5 Å². The lowest BCUT2D eigenvalue weighted by atomic mass is 10.2. The van der Waals surface area contributed by atoms with Gasteiger partial charge in [-0.25, -0.2) is 9.69 Å². The number of H-pyrrole nitrogens is 1. The van der Waals surface area contributed by atoms with Gasteiger partial charge in [-0.05, 0) is 29.5 Å². The second-order valence-electron chi connectivity index (χ2n) is 5.26. The van der Waals surface area contributed by atoms with Crippen molar-refractivity contribution >= 4 is 23.8 Å². The first kappa shape index (κ1) is 15.6. The van der Waals surface area contributed by atoms with Gasteiger partial charge in [0.2, 0.25) is 19.0 Å². The summed E-state index contributed by atoms with van der Waals surface area (Å²) in [6.07, 6.45) is 0.426. The van der Waals surface area contributed by atoms with Crippen LogP contribution >= 0.6 is 0 Å². The Labute approximate surface area is 146 Å². The third-order valence-electron chi connectivity index (χ3n) is 3.68. The van der Waals surface area contributed by atoms with Crippen molar-refractivity contribution in [3.63, 3.8) is 0 Å². The largest absolute Gasteiger partial charge is 0.454 e. The molecule has 2 N–H and O–H groups in total. The van der Waals surface area contributed by atoms with Gasteiger partial charge < -0.3 is 14.8 Å². The van der Waals surface area contributed by atoms with Gasteiger partial charge in [-0.3, -0.25) is 4.79 Å². The Morgan fingerprint density at radius 2 is 2.08 bits per heavy atom. The van der Waals surface area contributed by atoms with E-state index in [1.165, 1.54) is 0 Å². The molecule has 10 nitrogen and oxygen atoms in total. The van der Waals surface area contributed by atoms with Crippen molar-refractivity contribution in [1.82, 2.24) is 20.6 Å². The SMILES string of the molecule is O=CN(C(=O)Nc1cccc(-c2nn[nH]n2)c1)c1ccc2c(c1)OCO2. The molecule has 2 heterocycles. The fourth-order valence-electron chi connectivity index (χ4n) is 2.46. The molecule has 0 radical (unpaired) electrons. The van der Waals surface area contributed by atoms with Crippen LogP contribution in [0.4, 0.5) is 16.2 Å². The minimum absolute atomic E-state index is 0.106. The summed E-state index contributed by atoms with van der Waals surface area (Å²) in [6, 6.07) is 11.0. The second-order valence-corrected chi connectivity index (χ2v) is 5.26. The molecule has 0 saturated heterocycles. The molecule has 1 aromatic heterocycles. The van der Waals surface area contributed by atoms with E-state index in [4.69, 9.17) is 9.47 Å². The van der Waals surface area contributed by atoms with Crippen molar-refractivity contribution < 1.29 is 19.1 Å². The molecule has 1 aliphatic rings. The number of carbonyl (C=O) groups excluding carboxylic acids is 2. The maximum atomic E-state index is 12.5. The van der Waals surface area contributed by atoms with Gasteiger partial charge in [0.15, 0.2) is 11.5 Å². The summed E-state index contributed by atoms with van der Waals surface area (Å²) in [4.78, 5) is 24.9. The highest BCUT2D eigenvalue weighted by molar-refractivity contribution is 6.12. The third kappa shape index (κ3) is 2.90. The van der Waals surface area contributed by atoms with Gasteiger partial charge in [0.05, 0.1) is 5.69 Å². The maximum absolute atomic E-state index is 12.5. The lowest BCUT2D eigenvalue weighted by molar-refractivity contribution is -0.106. The number of ether oxygens (including phenoxy) is 2. The first-order chi connectivity index (χ1) is 12.7. The van der Waals surface area contributed by atoms with Crippen molar-refractivity contribution in [2.45, 2.75) is 0 Å². The molecule has 4 rings (SSSR count). The minimum Gasteiger partial charge on any atom is -0.454 e. The van der Waals surface area contributed by atoms with Crippen molar-refractivity contribution in [2.24, 2.45) is 0 Å². The predicted molar refractivity (Wildman–Crippen MR) is 89.7 cm³/mol. The van der Waals surface area contributed by atoms with Crippen LogP contribution in [-0.2, 0) is 4.79 Å². The average molecular weight is 352 g/mol. The molecular weight excluding hydrogens is 340 g/mol. The van der Waals surface area contributed by atoms with E-state index in [1.54, 1.807) is 42.5 Å². The van der Waals surface area contributed by atoms with Crippen molar-refractivity contribution in [2.75, 3.05) is 17.0 Å². The Hall–Kier alpha value is -3.95. The number of urea groups is 1. The van der Waals surface area contributed by atoms with Gasteiger partial charge in [-0.2, -0.15) is 5.21 Å².